The van der Waals surface area contributed by atoms with Crippen LogP contribution in [-0.2, 0) is 0 Å². The van der Waals surface area contributed by atoms with Crippen LogP contribution in [0, 0.1) is 0 Å². The molecule has 0 bridgehead atoms. The van der Waals surface area contributed by atoms with Gasteiger partial charge < -0.3 is 9.72 Å². The lowest BCUT2D eigenvalue weighted by Crippen LogP contribution is -2.13. The molecule has 78 valence electrons. The van der Waals surface area contributed by atoms with Gasteiger partial charge in [-0.2, -0.15) is 0 Å². The second kappa shape index (κ2) is 4.04. The number of nitrogens with one attached hydrogen (secondary N) is 1. The van der Waals surface area contributed by atoms with Crippen LogP contribution < -0.4 is 10.4 Å². The van der Waals surface area contributed by atoms with Gasteiger partial charge >= 0.3 is 5.69 Å². The molecule has 0 aliphatic rings. The fourth-order valence-corrected chi connectivity index (χ4v) is 1.39. The zero-order valence-electron chi connectivity index (χ0n) is 8.43. The van der Waals surface area contributed by atoms with Crippen molar-refractivity contribution in [3.05, 3.63) is 47.1 Å². The number of hydrogen-bond acceptors (Lipinski definition) is 2. The van der Waals surface area contributed by atoms with Crippen LogP contribution in [0.1, 0.15) is 6.92 Å². The summed E-state index contributed by atoms with van der Waals surface area (Å²) < 4.78 is 6.85. The van der Waals surface area contributed by atoms with Gasteiger partial charge in [0.2, 0.25) is 0 Å². The number of imidazole rings is 1. The van der Waals surface area contributed by atoms with E-state index in [1.54, 1.807) is 12.4 Å². The van der Waals surface area contributed by atoms with Gasteiger partial charge in [-0.25, -0.2) is 4.79 Å². The summed E-state index contributed by atoms with van der Waals surface area (Å²) in [6.07, 6.45) is 3.30. The standard InChI is InChI=1S/C11H12N2O2/c1-2-15-10-5-3-9(4-6-10)13-8-7-12-11(13)14/h3-8H,2H2,1H3,(H,12,14). The summed E-state index contributed by atoms with van der Waals surface area (Å²) in [5.41, 5.74) is 0.684. The van der Waals surface area contributed by atoms with E-state index in [9.17, 15) is 4.79 Å². The highest BCUT2D eigenvalue weighted by atomic mass is 16.5. The molecule has 0 aliphatic heterocycles. The molecule has 0 unspecified atom stereocenters. The normalized spacial score (nSPS) is 10.2. The molecule has 0 saturated heterocycles. The van der Waals surface area contributed by atoms with Gasteiger partial charge in [-0.3, -0.25) is 4.57 Å². The second-order valence-corrected chi connectivity index (χ2v) is 3.06. The Labute approximate surface area is 87.1 Å². The van der Waals surface area contributed by atoms with Gasteiger partial charge in [0.15, 0.2) is 0 Å². The average molecular weight is 204 g/mol. The third kappa shape index (κ3) is 1.93. The van der Waals surface area contributed by atoms with Crippen molar-refractivity contribution in [3.63, 3.8) is 0 Å². The third-order valence-corrected chi connectivity index (χ3v) is 2.08. The van der Waals surface area contributed by atoms with Crippen molar-refractivity contribution in [2.45, 2.75) is 6.92 Å². The predicted octanol–water partition coefficient (Wildman–Crippen LogP) is 1.56. The maximum atomic E-state index is 11.3. The molecule has 0 spiro atoms. The largest absolute Gasteiger partial charge is 0.494 e. The van der Waals surface area contributed by atoms with E-state index in [-0.39, 0.29) is 5.69 Å². The first-order valence-corrected chi connectivity index (χ1v) is 4.80. The molecule has 0 aliphatic carbocycles. The summed E-state index contributed by atoms with van der Waals surface area (Å²) in [5.74, 6) is 0.810. The molecular formula is C11H12N2O2. The Balaban J connectivity index is 2.32. The van der Waals surface area contributed by atoms with Crippen LogP contribution in [0.4, 0.5) is 0 Å². The van der Waals surface area contributed by atoms with Crippen LogP contribution in [-0.4, -0.2) is 16.2 Å². The number of nitrogens with zero attached hydrogens (tertiary/aromatic N) is 1. The van der Waals surface area contributed by atoms with Crippen molar-refractivity contribution in [1.82, 2.24) is 9.55 Å². The Morgan fingerprint density at radius 3 is 2.60 bits per heavy atom. The molecule has 0 saturated carbocycles. The van der Waals surface area contributed by atoms with E-state index >= 15 is 0 Å². The molecule has 1 heterocycles. The SMILES string of the molecule is CCOc1ccc(-n2cc[nH]c2=O)cc1. The van der Waals surface area contributed by atoms with Crippen LogP contribution in [0.5, 0.6) is 5.75 Å². The highest BCUT2D eigenvalue weighted by Gasteiger charge is 1.99. The van der Waals surface area contributed by atoms with Crippen LogP contribution >= 0.6 is 0 Å². The summed E-state index contributed by atoms with van der Waals surface area (Å²) in [4.78, 5) is 13.9. The Kier molecular flexibility index (Phi) is 2.58. The van der Waals surface area contributed by atoms with Gasteiger partial charge in [0, 0.05) is 12.4 Å². The van der Waals surface area contributed by atoms with Gasteiger partial charge in [0.1, 0.15) is 5.75 Å². The van der Waals surface area contributed by atoms with E-state index in [2.05, 4.69) is 4.98 Å². The molecule has 1 N–H and O–H groups in total. The minimum atomic E-state index is -0.140. The van der Waals surface area contributed by atoms with E-state index in [0.717, 1.165) is 11.4 Å². The van der Waals surface area contributed by atoms with Gasteiger partial charge in [-0.1, -0.05) is 0 Å². The zero-order chi connectivity index (χ0) is 10.7. The van der Waals surface area contributed by atoms with Gasteiger partial charge in [0.25, 0.3) is 0 Å². The van der Waals surface area contributed by atoms with Crippen LogP contribution in [0.25, 0.3) is 5.69 Å². The number of benzene rings is 1. The summed E-state index contributed by atoms with van der Waals surface area (Å²) in [7, 11) is 0. The number of aromatic nitrogens is 2. The summed E-state index contributed by atoms with van der Waals surface area (Å²) in [5, 5.41) is 0. The van der Waals surface area contributed by atoms with Crippen molar-refractivity contribution in [3.8, 4) is 11.4 Å². The average Bonchev–Trinajstić information content (AvgIpc) is 2.66. The third-order valence-electron chi connectivity index (χ3n) is 2.08. The smallest absolute Gasteiger partial charge is 0.330 e. The summed E-state index contributed by atoms with van der Waals surface area (Å²) in [6.45, 7) is 2.58. The first-order valence-electron chi connectivity index (χ1n) is 4.80. The molecule has 4 heteroatoms. The second-order valence-electron chi connectivity index (χ2n) is 3.06. The van der Waals surface area contributed by atoms with E-state index in [1.807, 2.05) is 31.2 Å². The molecule has 1 aromatic carbocycles. The molecule has 0 amide bonds. The monoisotopic (exact) mass is 204 g/mol. The minimum Gasteiger partial charge on any atom is -0.494 e. The molecular weight excluding hydrogens is 192 g/mol. The topological polar surface area (TPSA) is 47.0 Å². The quantitative estimate of drug-likeness (QED) is 0.824. The Morgan fingerprint density at radius 2 is 2.07 bits per heavy atom. The van der Waals surface area contributed by atoms with Gasteiger partial charge in [0.05, 0.1) is 12.3 Å². The molecule has 4 nitrogen and oxygen atoms in total. The van der Waals surface area contributed by atoms with Gasteiger partial charge in [-0.05, 0) is 31.2 Å². The number of hydrogen-bond donors (Lipinski definition) is 1. The molecule has 15 heavy (non-hydrogen) atoms. The van der Waals surface area contributed by atoms with E-state index in [1.165, 1.54) is 4.57 Å². The number of ether oxygens (including phenoxy) is 1. The number of H-pyrrole nitrogens is 1. The van der Waals surface area contributed by atoms with E-state index < -0.39 is 0 Å². The Morgan fingerprint density at radius 1 is 1.33 bits per heavy atom. The van der Waals surface area contributed by atoms with Crippen LogP contribution in [0.2, 0.25) is 0 Å². The highest BCUT2D eigenvalue weighted by molar-refractivity contribution is 5.37. The summed E-state index contributed by atoms with van der Waals surface area (Å²) >= 11 is 0. The Bertz CT molecular complexity index is 482. The van der Waals surface area contributed by atoms with Crippen molar-refractivity contribution in [2.24, 2.45) is 0 Å². The molecule has 0 atom stereocenters. The minimum absolute atomic E-state index is 0.140. The highest BCUT2D eigenvalue weighted by Crippen LogP contribution is 2.13. The Hall–Kier alpha value is -1.97. The molecule has 0 fully saturated rings. The first kappa shape index (κ1) is 9.58. The van der Waals surface area contributed by atoms with Crippen molar-refractivity contribution < 1.29 is 4.74 Å². The maximum absolute atomic E-state index is 11.3. The lowest BCUT2D eigenvalue weighted by Gasteiger charge is -2.04. The van der Waals surface area contributed by atoms with Crippen molar-refractivity contribution in [2.75, 3.05) is 6.61 Å². The van der Waals surface area contributed by atoms with Crippen molar-refractivity contribution in [1.29, 1.82) is 0 Å². The molecule has 2 rings (SSSR count). The first-order chi connectivity index (χ1) is 7.31. The number of aromatic amines is 1. The van der Waals surface area contributed by atoms with Crippen molar-refractivity contribution >= 4 is 0 Å². The lowest BCUT2D eigenvalue weighted by atomic mass is 10.3. The van der Waals surface area contributed by atoms with Crippen LogP contribution in [0.3, 0.4) is 0 Å². The summed E-state index contributed by atoms with van der Waals surface area (Å²) in [6, 6.07) is 7.39. The molecule has 1 aromatic heterocycles. The van der Waals surface area contributed by atoms with Gasteiger partial charge in [-0.15, -0.1) is 0 Å². The van der Waals surface area contributed by atoms with E-state index in [0.29, 0.717) is 6.61 Å². The lowest BCUT2D eigenvalue weighted by molar-refractivity contribution is 0.340. The predicted molar refractivity (Wildman–Crippen MR) is 57.6 cm³/mol. The molecule has 0 radical (unpaired) electrons. The number of rotatable bonds is 3. The van der Waals surface area contributed by atoms with Crippen LogP contribution in [0.15, 0.2) is 41.5 Å². The maximum Gasteiger partial charge on any atom is 0.330 e. The van der Waals surface area contributed by atoms with E-state index in [4.69, 9.17) is 4.74 Å². The zero-order valence-corrected chi connectivity index (χ0v) is 8.43. The fraction of sp³-hybridized carbons (Fsp3) is 0.182. The molecule has 2 aromatic rings. The fourth-order valence-electron chi connectivity index (χ4n) is 1.39.